The predicted molar refractivity (Wildman–Crippen MR) is 78.7 cm³/mol. The van der Waals surface area contributed by atoms with Crippen LogP contribution in [-0.2, 0) is 9.53 Å². The number of hydrogen-bond donors (Lipinski definition) is 2. The fraction of sp³-hybridized carbons (Fsp3) is 0.667. The van der Waals surface area contributed by atoms with Crippen molar-refractivity contribution in [2.75, 3.05) is 18.5 Å². The largest absolute Gasteiger partial charge is 0.464 e. The highest BCUT2D eigenvalue weighted by Gasteiger charge is 2.19. The van der Waals surface area contributed by atoms with Gasteiger partial charge in [0.05, 0.1) is 6.61 Å². The highest BCUT2D eigenvalue weighted by molar-refractivity contribution is 5.75. The average Bonchev–Trinajstić information content (AvgIpc) is 2.54. The molecular formula is C15H23N3O3. The van der Waals surface area contributed by atoms with Crippen LogP contribution in [0, 0.1) is 5.92 Å². The zero-order valence-electron chi connectivity index (χ0n) is 12.4. The van der Waals surface area contributed by atoms with Crippen LogP contribution < -0.4 is 5.32 Å². The number of carbonyl (C=O) groups excluding carboxylic acids is 1. The van der Waals surface area contributed by atoms with Crippen molar-refractivity contribution < 1.29 is 14.6 Å². The van der Waals surface area contributed by atoms with Gasteiger partial charge in [0.25, 0.3) is 0 Å². The molecular weight excluding hydrogens is 270 g/mol. The summed E-state index contributed by atoms with van der Waals surface area (Å²) < 4.78 is 4.76. The van der Waals surface area contributed by atoms with E-state index in [1.807, 2.05) is 0 Å². The third-order valence-electron chi connectivity index (χ3n) is 3.77. The summed E-state index contributed by atoms with van der Waals surface area (Å²) in [7, 11) is 0. The lowest BCUT2D eigenvalue weighted by Gasteiger charge is -2.21. The third-order valence-corrected chi connectivity index (χ3v) is 3.77. The van der Waals surface area contributed by atoms with E-state index in [-0.39, 0.29) is 6.61 Å². The van der Waals surface area contributed by atoms with E-state index in [0.717, 1.165) is 6.54 Å². The highest BCUT2D eigenvalue weighted by Crippen LogP contribution is 2.23. The number of aliphatic hydroxyl groups is 1. The quantitative estimate of drug-likeness (QED) is 0.781. The first-order valence-corrected chi connectivity index (χ1v) is 7.61. The van der Waals surface area contributed by atoms with E-state index in [1.165, 1.54) is 44.5 Å². The van der Waals surface area contributed by atoms with Crippen LogP contribution in [0.4, 0.5) is 5.95 Å². The Balaban J connectivity index is 1.84. The Labute approximate surface area is 124 Å². The summed E-state index contributed by atoms with van der Waals surface area (Å²) in [5.74, 6) is 0.538. The summed E-state index contributed by atoms with van der Waals surface area (Å²) >= 11 is 0. The lowest BCUT2D eigenvalue weighted by Crippen LogP contribution is -2.19. The molecule has 6 heteroatoms. The molecule has 1 fully saturated rings. The summed E-state index contributed by atoms with van der Waals surface area (Å²) in [6.07, 6.45) is 8.05. The van der Waals surface area contributed by atoms with Crippen LogP contribution in [0.15, 0.2) is 12.4 Å². The first-order chi connectivity index (χ1) is 10.2. The molecule has 1 heterocycles. The number of nitrogens with one attached hydrogen (secondary N) is 1. The van der Waals surface area contributed by atoms with Gasteiger partial charge in [-0.05, 0) is 25.7 Å². The number of ether oxygens (including phenoxy) is 1. The van der Waals surface area contributed by atoms with Gasteiger partial charge in [0.15, 0.2) is 6.10 Å². The van der Waals surface area contributed by atoms with Gasteiger partial charge in [0, 0.05) is 24.5 Å². The molecule has 0 amide bonds. The standard InChI is InChI=1S/C15H23N3O3/c1-2-21-14(20)13(19)12-9-17-15(18-10-12)16-8-11-6-4-3-5-7-11/h9-11,13,19H,2-8H2,1H3,(H,16,17,18). The van der Waals surface area contributed by atoms with Crippen LogP contribution in [0.25, 0.3) is 0 Å². The molecule has 21 heavy (non-hydrogen) atoms. The number of anilines is 1. The summed E-state index contributed by atoms with van der Waals surface area (Å²) in [5.41, 5.74) is 0.344. The van der Waals surface area contributed by atoms with Gasteiger partial charge in [-0.25, -0.2) is 14.8 Å². The Morgan fingerprint density at radius 2 is 2.05 bits per heavy atom. The first kappa shape index (κ1) is 15.7. The Morgan fingerprint density at radius 1 is 1.38 bits per heavy atom. The zero-order chi connectivity index (χ0) is 15.1. The van der Waals surface area contributed by atoms with Gasteiger partial charge in [0.2, 0.25) is 5.95 Å². The van der Waals surface area contributed by atoms with Gasteiger partial charge in [-0.3, -0.25) is 0 Å². The molecule has 0 radical (unpaired) electrons. The molecule has 0 spiro atoms. The molecule has 0 bridgehead atoms. The van der Waals surface area contributed by atoms with Crippen LogP contribution >= 0.6 is 0 Å². The number of hydrogen-bond acceptors (Lipinski definition) is 6. The van der Waals surface area contributed by atoms with Gasteiger partial charge in [-0.15, -0.1) is 0 Å². The summed E-state index contributed by atoms with van der Waals surface area (Å²) in [6, 6.07) is 0. The highest BCUT2D eigenvalue weighted by atomic mass is 16.5. The van der Waals surface area contributed by atoms with E-state index in [1.54, 1.807) is 6.92 Å². The topological polar surface area (TPSA) is 84.3 Å². The summed E-state index contributed by atoms with van der Waals surface area (Å²) in [4.78, 5) is 19.7. The average molecular weight is 293 g/mol. The maximum Gasteiger partial charge on any atom is 0.339 e. The Morgan fingerprint density at radius 3 is 2.67 bits per heavy atom. The number of rotatable bonds is 6. The van der Waals surface area contributed by atoms with E-state index >= 15 is 0 Å². The minimum atomic E-state index is -1.32. The molecule has 1 aliphatic carbocycles. The summed E-state index contributed by atoms with van der Waals surface area (Å²) in [6.45, 7) is 2.80. The number of nitrogens with zero attached hydrogens (tertiary/aromatic N) is 2. The van der Waals surface area contributed by atoms with E-state index in [0.29, 0.717) is 17.4 Å². The Kier molecular flexibility index (Phi) is 5.92. The zero-order valence-corrected chi connectivity index (χ0v) is 12.4. The summed E-state index contributed by atoms with van der Waals surface area (Å²) in [5, 5.41) is 13.0. The lowest BCUT2D eigenvalue weighted by atomic mass is 9.89. The molecule has 1 aromatic rings. The minimum Gasteiger partial charge on any atom is -0.464 e. The lowest BCUT2D eigenvalue weighted by molar-refractivity contribution is -0.153. The second kappa shape index (κ2) is 7.93. The van der Waals surface area contributed by atoms with E-state index in [4.69, 9.17) is 4.74 Å². The van der Waals surface area contributed by atoms with Gasteiger partial charge in [-0.2, -0.15) is 0 Å². The maximum absolute atomic E-state index is 11.4. The molecule has 6 nitrogen and oxygen atoms in total. The van der Waals surface area contributed by atoms with Crippen molar-refractivity contribution in [3.8, 4) is 0 Å². The molecule has 0 aliphatic heterocycles. The fourth-order valence-corrected chi connectivity index (χ4v) is 2.55. The van der Waals surface area contributed by atoms with Crippen LogP contribution in [-0.4, -0.2) is 34.2 Å². The van der Waals surface area contributed by atoms with E-state index in [2.05, 4.69) is 15.3 Å². The maximum atomic E-state index is 11.4. The first-order valence-electron chi connectivity index (χ1n) is 7.61. The van der Waals surface area contributed by atoms with Crippen molar-refractivity contribution >= 4 is 11.9 Å². The van der Waals surface area contributed by atoms with Crippen LogP contribution in [0.3, 0.4) is 0 Å². The molecule has 116 valence electrons. The molecule has 1 unspecified atom stereocenters. The van der Waals surface area contributed by atoms with E-state index < -0.39 is 12.1 Å². The van der Waals surface area contributed by atoms with Crippen molar-refractivity contribution in [3.05, 3.63) is 18.0 Å². The second-order valence-corrected chi connectivity index (χ2v) is 5.38. The molecule has 2 rings (SSSR count). The monoisotopic (exact) mass is 293 g/mol. The third kappa shape index (κ3) is 4.67. The number of carbonyl (C=O) groups is 1. The normalized spacial score (nSPS) is 17.2. The van der Waals surface area contributed by atoms with Crippen LogP contribution in [0.2, 0.25) is 0 Å². The number of esters is 1. The van der Waals surface area contributed by atoms with Crippen molar-refractivity contribution in [1.82, 2.24) is 9.97 Å². The fourth-order valence-electron chi connectivity index (χ4n) is 2.55. The van der Waals surface area contributed by atoms with Crippen LogP contribution in [0.5, 0.6) is 0 Å². The van der Waals surface area contributed by atoms with Crippen LogP contribution in [0.1, 0.15) is 50.7 Å². The van der Waals surface area contributed by atoms with Crippen molar-refractivity contribution in [1.29, 1.82) is 0 Å². The Bertz CT molecular complexity index is 444. The second-order valence-electron chi connectivity index (χ2n) is 5.38. The molecule has 0 aromatic carbocycles. The smallest absolute Gasteiger partial charge is 0.339 e. The Hall–Kier alpha value is -1.69. The molecule has 1 atom stereocenters. The predicted octanol–water partition coefficient (Wildman–Crippen LogP) is 2.07. The molecule has 0 saturated heterocycles. The minimum absolute atomic E-state index is 0.234. The van der Waals surface area contributed by atoms with Gasteiger partial charge < -0.3 is 15.2 Å². The van der Waals surface area contributed by atoms with E-state index in [9.17, 15) is 9.90 Å². The van der Waals surface area contributed by atoms with Crippen molar-refractivity contribution in [3.63, 3.8) is 0 Å². The molecule has 1 aromatic heterocycles. The van der Waals surface area contributed by atoms with Gasteiger partial charge >= 0.3 is 5.97 Å². The number of aromatic nitrogens is 2. The van der Waals surface area contributed by atoms with Gasteiger partial charge in [-0.1, -0.05) is 19.3 Å². The van der Waals surface area contributed by atoms with Gasteiger partial charge in [0.1, 0.15) is 0 Å². The molecule has 1 aliphatic rings. The van der Waals surface area contributed by atoms with Crippen molar-refractivity contribution in [2.45, 2.75) is 45.1 Å². The molecule has 2 N–H and O–H groups in total. The van der Waals surface area contributed by atoms with Crippen molar-refractivity contribution in [2.24, 2.45) is 5.92 Å². The number of aliphatic hydroxyl groups excluding tert-OH is 1. The molecule has 1 saturated carbocycles. The SMILES string of the molecule is CCOC(=O)C(O)c1cnc(NCC2CCCCC2)nc1.